The molecular formula is C16H15BrN2O3. The zero-order valence-corrected chi connectivity index (χ0v) is 13.5. The lowest BCUT2D eigenvalue weighted by molar-refractivity contribution is 0.0997. The van der Waals surface area contributed by atoms with Crippen LogP contribution in [0.25, 0.3) is 0 Å². The first kappa shape index (κ1) is 16.0. The number of hydrogen-bond acceptors (Lipinski definition) is 3. The van der Waals surface area contributed by atoms with Gasteiger partial charge in [-0.1, -0.05) is 15.9 Å². The van der Waals surface area contributed by atoms with E-state index in [2.05, 4.69) is 21.2 Å². The van der Waals surface area contributed by atoms with Crippen LogP contribution >= 0.6 is 15.9 Å². The minimum Gasteiger partial charge on any atom is -0.493 e. The largest absolute Gasteiger partial charge is 0.493 e. The predicted molar refractivity (Wildman–Crippen MR) is 88.2 cm³/mol. The summed E-state index contributed by atoms with van der Waals surface area (Å²) in [6.45, 7) is 2.32. The van der Waals surface area contributed by atoms with Crippen molar-refractivity contribution in [2.75, 3.05) is 11.9 Å². The van der Waals surface area contributed by atoms with Crippen molar-refractivity contribution in [2.24, 2.45) is 5.73 Å². The maximum absolute atomic E-state index is 12.4. The van der Waals surface area contributed by atoms with Crippen molar-refractivity contribution in [3.05, 3.63) is 58.1 Å². The molecule has 0 saturated carbocycles. The molecule has 5 nitrogen and oxygen atoms in total. The lowest BCUT2D eigenvalue weighted by atomic mass is 10.1. The monoisotopic (exact) mass is 362 g/mol. The Kier molecular flexibility index (Phi) is 5.16. The summed E-state index contributed by atoms with van der Waals surface area (Å²) in [6.07, 6.45) is 0. The van der Waals surface area contributed by atoms with Crippen LogP contribution in [0.4, 0.5) is 5.69 Å². The van der Waals surface area contributed by atoms with Gasteiger partial charge in [0.15, 0.2) is 0 Å². The molecule has 0 unspecified atom stereocenters. The molecule has 0 fully saturated rings. The highest BCUT2D eigenvalue weighted by molar-refractivity contribution is 9.10. The van der Waals surface area contributed by atoms with Gasteiger partial charge in [-0.3, -0.25) is 9.59 Å². The molecule has 22 heavy (non-hydrogen) atoms. The van der Waals surface area contributed by atoms with E-state index < -0.39 is 5.91 Å². The molecule has 0 saturated heterocycles. The van der Waals surface area contributed by atoms with Gasteiger partial charge in [-0.15, -0.1) is 0 Å². The molecule has 0 aliphatic carbocycles. The molecule has 0 aromatic heterocycles. The Bertz CT molecular complexity index is 699. The van der Waals surface area contributed by atoms with Crippen LogP contribution in [0.1, 0.15) is 27.6 Å². The summed E-state index contributed by atoms with van der Waals surface area (Å²) in [5.74, 6) is -0.294. The van der Waals surface area contributed by atoms with Crippen molar-refractivity contribution in [2.45, 2.75) is 6.92 Å². The molecule has 2 aromatic carbocycles. The van der Waals surface area contributed by atoms with Crippen LogP contribution in [0.15, 0.2) is 46.9 Å². The van der Waals surface area contributed by atoms with E-state index in [4.69, 9.17) is 10.5 Å². The number of ether oxygens (including phenoxy) is 1. The maximum atomic E-state index is 12.4. The Hall–Kier alpha value is -2.34. The molecule has 114 valence electrons. The highest BCUT2D eigenvalue weighted by Gasteiger charge is 2.13. The van der Waals surface area contributed by atoms with Crippen molar-refractivity contribution < 1.29 is 14.3 Å². The topological polar surface area (TPSA) is 81.4 Å². The van der Waals surface area contributed by atoms with Crippen LogP contribution in [-0.2, 0) is 0 Å². The molecule has 0 radical (unpaired) electrons. The van der Waals surface area contributed by atoms with E-state index in [0.717, 1.165) is 4.47 Å². The van der Waals surface area contributed by atoms with Crippen molar-refractivity contribution in [3.8, 4) is 5.75 Å². The normalized spacial score (nSPS) is 10.1. The summed E-state index contributed by atoms with van der Waals surface area (Å²) in [5.41, 5.74) is 6.56. The van der Waals surface area contributed by atoms with Gasteiger partial charge in [0.05, 0.1) is 12.2 Å². The quantitative estimate of drug-likeness (QED) is 0.856. The van der Waals surface area contributed by atoms with E-state index in [1.807, 2.05) is 13.0 Å². The fourth-order valence-corrected chi connectivity index (χ4v) is 2.24. The molecule has 0 bridgehead atoms. The van der Waals surface area contributed by atoms with Gasteiger partial charge in [-0.25, -0.2) is 0 Å². The standard InChI is InChI=1S/C16H15BrN2O3/c1-2-22-14-8-5-11(17)9-13(14)16(21)19-12-6-3-10(4-7-12)15(18)20/h3-9H,2H2,1H3,(H2,18,20)(H,19,21). The van der Waals surface area contributed by atoms with Gasteiger partial charge >= 0.3 is 0 Å². The van der Waals surface area contributed by atoms with Crippen LogP contribution in [0, 0.1) is 0 Å². The fourth-order valence-electron chi connectivity index (χ4n) is 1.88. The summed E-state index contributed by atoms with van der Waals surface area (Å²) >= 11 is 3.34. The lowest BCUT2D eigenvalue weighted by Crippen LogP contribution is -2.14. The molecular weight excluding hydrogens is 348 g/mol. The maximum Gasteiger partial charge on any atom is 0.259 e. The third-order valence-electron chi connectivity index (χ3n) is 2.91. The number of nitrogens with one attached hydrogen (secondary N) is 1. The molecule has 3 N–H and O–H groups in total. The number of carbonyl (C=O) groups excluding carboxylic acids is 2. The first-order chi connectivity index (χ1) is 10.5. The number of benzene rings is 2. The second kappa shape index (κ2) is 7.09. The lowest BCUT2D eigenvalue weighted by Gasteiger charge is -2.11. The zero-order chi connectivity index (χ0) is 16.1. The van der Waals surface area contributed by atoms with E-state index in [0.29, 0.717) is 29.2 Å². The number of primary amides is 1. The average Bonchev–Trinajstić information content (AvgIpc) is 2.49. The molecule has 0 heterocycles. The van der Waals surface area contributed by atoms with Crippen LogP contribution in [-0.4, -0.2) is 18.4 Å². The van der Waals surface area contributed by atoms with Crippen LogP contribution in [0.2, 0.25) is 0 Å². The van der Waals surface area contributed by atoms with Crippen LogP contribution in [0.5, 0.6) is 5.75 Å². The first-order valence-corrected chi connectivity index (χ1v) is 7.44. The Morgan fingerprint density at radius 3 is 2.45 bits per heavy atom. The molecule has 0 spiro atoms. The summed E-state index contributed by atoms with van der Waals surface area (Å²) in [5, 5.41) is 2.76. The number of halogens is 1. The van der Waals surface area contributed by atoms with Crippen molar-refractivity contribution >= 4 is 33.4 Å². The third kappa shape index (κ3) is 3.85. The van der Waals surface area contributed by atoms with Crippen molar-refractivity contribution in [1.82, 2.24) is 0 Å². The van der Waals surface area contributed by atoms with Gasteiger partial charge in [0.2, 0.25) is 5.91 Å². The summed E-state index contributed by atoms with van der Waals surface area (Å²) in [7, 11) is 0. The van der Waals surface area contributed by atoms with E-state index in [1.165, 1.54) is 0 Å². The Morgan fingerprint density at radius 1 is 1.18 bits per heavy atom. The van der Waals surface area contributed by atoms with Gasteiger partial charge in [0.1, 0.15) is 5.75 Å². The van der Waals surface area contributed by atoms with E-state index in [9.17, 15) is 9.59 Å². The summed E-state index contributed by atoms with van der Waals surface area (Å²) in [4.78, 5) is 23.4. The number of amides is 2. The van der Waals surface area contributed by atoms with Gasteiger partial charge in [-0.2, -0.15) is 0 Å². The van der Waals surface area contributed by atoms with Crippen molar-refractivity contribution in [3.63, 3.8) is 0 Å². The molecule has 2 aromatic rings. The fraction of sp³-hybridized carbons (Fsp3) is 0.125. The minimum atomic E-state index is -0.511. The van der Waals surface area contributed by atoms with Crippen LogP contribution in [0.3, 0.4) is 0 Å². The average molecular weight is 363 g/mol. The minimum absolute atomic E-state index is 0.295. The molecule has 0 atom stereocenters. The molecule has 2 amide bonds. The Morgan fingerprint density at radius 2 is 1.86 bits per heavy atom. The Labute approximate surface area is 136 Å². The number of hydrogen-bond donors (Lipinski definition) is 2. The second-order valence-corrected chi connectivity index (χ2v) is 5.38. The van der Waals surface area contributed by atoms with Crippen LogP contribution < -0.4 is 15.8 Å². The number of carbonyl (C=O) groups is 2. The van der Waals surface area contributed by atoms with E-state index in [1.54, 1.807) is 36.4 Å². The summed E-state index contributed by atoms with van der Waals surface area (Å²) in [6, 6.07) is 11.6. The molecule has 0 aliphatic heterocycles. The Balaban J connectivity index is 2.21. The highest BCUT2D eigenvalue weighted by Crippen LogP contribution is 2.24. The van der Waals surface area contributed by atoms with Crippen molar-refractivity contribution in [1.29, 1.82) is 0 Å². The molecule has 0 aliphatic rings. The zero-order valence-electron chi connectivity index (χ0n) is 11.9. The van der Waals surface area contributed by atoms with E-state index >= 15 is 0 Å². The second-order valence-electron chi connectivity index (χ2n) is 4.47. The SMILES string of the molecule is CCOc1ccc(Br)cc1C(=O)Nc1ccc(C(N)=O)cc1. The van der Waals surface area contributed by atoms with Gasteiger partial charge in [0.25, 0.3) is 5.91 Å². The van der Waals surface area contributed by atoms with E-state index in [-0.39, 0.29) is 5.91 Å². The predicted octanol–water partition coefficient (Wildman–Crippen LogP) is 3.20. The smallest absolute Gasteiger partial charge is 0.259 e. The number of anilines is 1. The summed E-state index contributed by atoms with van der Waals surface area (Å²) < 4.78 is 6.24. The first-order valence-electron chi connectivity index (χ1n) is 6.65. The van der Waals surface area contributed by atoms with Gasteiger partial charge in [0, 0.05) is 15.7 Å². The number of nitrogens with two attached hydrogens (primary N) is 1. The highest BCUT2D eigenvalue weighted by atomic mass is 79.9. The molecule has 2 rings (SSSR count). The van der Waals surface area contributed by atoms with Gasteiger partial charge < -0.3 is 15.8 Å². The van der Waals surface area contributed by atoms with Gasteiger partial charge in [-0.05, 0) is 49.4 Å². The third-order valence-corrected chi connectivity index (χ3v) is 3.41. The molecule has 6 heteroatoms. The number of rotatable bonds is 5.